The Kier molecular flexibility index (Phi) is 3.86. The van der Waals surface area contributed by atoms with E-state index < -0.39 is 0 Å². The van der Waals surface area contributed by atoms with Gasteiger partial charge in [0.2, 0.25) is 0 Å². The summed E-state index contributed by atoms with van der Waals surface area (Å²) in [7, 11) is 0. The molecule has 0 spiro atoms. The summed E-state index contributed by atoms with van der Waals surface area (Å²) in [4.78, 5) is 14.6. The second-order valence-corrected chi connectivity index (χ2v) is 5.80. The van der Waals surface area contributed by atoms with Gasteiger partial charge >= 0.3 is 0 Å². The highest BCUT2D eigenvalue weighted by Crippen LogP contribution is 2.19. The fourth-order valence-corrected chi connectivity index (χ4v) is 2.72. The third-order valence-electron chi connectivity index (χ3n) is 4.02. The van der Waals surface area contributed by atoms with Crippen molar-refractivity contribution >= 4 is 5.78 Å². The molecule has 2 heteroatoms. The summed E-state index contributed by atoms with van der Waals surface area (Å²) in [5.74, 6) is 1.00. The Bertz CT molecular complexity index is 464. The lowest BCUT2D eigenvalue weighted by atomic mass is 9.98. The molecule has 2 rings (SSSR count). The summed E-state index contributed by atoms with van der Waals surface area (Å²) in [5.41, 5.74) is 4.48. The zero-order chi connectivity index (χ0) is 13.3. The number of likely N-dealkylation sites (tertiary alicyclic amines) is 1. The molecule has 0 N–H and O–H groups in total. The van der Waals surface area contributed by atoms with E-state index in [0.717, 1.165) is 30.1 Å². The minimum atomic E-state index is 0.268. The molecule has 98 valence electrons. The predicted octanol–water partition coefficient (Wildman–Crippen LogP) is 3.14. The maximum atomic E-state index is 12.4. The van der Waals surface area contributed by atoms with Crippen molar-refractivity contribution in [3.8, 4) is 0 Å². The highest BCUT2D eigenvalue weighted by molar-refractivity contribution is 5.99. The van der Waals surface area contributed by atoms with Crippen molar-refractivity contribution < 1.29 is 4.79 Å². The standard InChI is InChI=1S/C16H23NO/c1-11-5-6-17(9-11)10-16(18)15-8-13(3)12(2)7-14(15)4/h7-8,11H,5-6,9-10H2,1-4H3. The van der Waals surface area contributed by atoms with Crippen molar-refractivity contribution in [3.05, 3.63) is 34.4 Å². The molecular formula is C16H23NO. The lowest BCUT2D eigenvalue weighted by Crippen LogP contribution is -2.28. The Labute approximate surface area is 110 Å². The summed E-state index contributed by atoms with van der Waals surface area (Å²) in [6, 6.07) is 4.17. The van der Waals surface area contributed by atoms with Gasteiger partial charge in [-0.25, -0.2) is 0 Å². The van der Waals surface area contributed by atoms with Crippen LogP contribution in [0.5, 0.6) is 0 Å². The number of carbonyl (C=O) groups is 1. The van der Waals surface area contributed by atoms with Crippen LogP contribution < -0.4 is 0 Å². The molecule has 0 saturated carbocycles. The van der Waals surface area contributed by atoms with Gasteiger partial charge in [-0.05, 0) is 62.4 Å². The SMILES string of the molecule is Cc1cc(C)c(C(=O)CN2CCC(C)C2)cc1C. The maximum Gasteiger partial charge on any atom is 0.177 e. The molecular weight excluding hydrogens is 222 g/mol. The van der Waals surface area contributed by atoms with Gasteiger partial charge in [0.05, 0.1) is 6.54 Å². The average molecular weight is 245 g/mol. The van der Waals surface area contributed by atoms with Crippen LogP contribution in [0, 0.1) is 26.7 Å². The zero-order valence-electron chi connectivity index (χ0n) is 11.9. The molecule has 0 bridgehead atoms. The zero-order valence-corrected chi connectivity index (χ0v) is 11.9. The van der Waals surface area contributed by atoms with Gasteiger partial charge in [-0.15, -0.1) is 0 Å². The second-order valence-electron chi connectivity index (χ2n) is 5.80. The number of nitrogens with zero attached hydrogens (tertiary/aromatic N) is 1. The minimum Gasteiger partial charge on any atom is -0.296 e. The summed E-state index contributed by atoms with van der Waals surface area (Å²) in [6.07, 6.45) is 1.22. The lowest BCUT2D eigenvalue weighted by molar-refractivity contribution is 0.0943. The van der Waals surface area contributed by atoms with Crippen molar-refractivity contribution in [1.82, 2.24) is 4.90 Å². The Morgan fingerprint density at radius 3 is 2.50 bits per heavy atom. The van der Waals surface area contributed by atoms with Crippen molar-refractivity contribution in [2.24, 2.45) is 5.92 Å². The van der Waals surface area contributed by atoms with Crippen molar-refractivity contribution in [3.63, 3.8) is 0 Å². The largest absolute Gasteiger partial charge is 0.296 e. The van der Waals surface area contributed by atoms with E-state index in [2.05, 4.69) is 31.7 Å². The first-order valence-corrected chi connectivity index (χ1v) is 6.80. The van der Waals surface area contributed by atoms with E-state index in [1.165, 1.54) is 17.5 Å². The van der Waals surface area contributed by atoms with Gasteiger partial charge in [-0.3, -0.25) is 9.69 Å². The third kappa shape index (κ3) is 2.81. The summed E-state index contributed by atoms with van der Waals surface area (Å²) in [5, 5.41) is 0. The number of rotatable bonds is 3. The highest BCUT2D eigenvalue weighted by atomic mass is 16.1. The maximum absolute atomic E-state index is 12.4. The molecule has 1 fully saturated rings. The molecule has 0 amide bonds. The van der Waals surface area contributed by atoms with E-state index in [4.69, 9.17) is 0 Å². The summed E-state index contributed by atoms with van der Waals surface area (Å²) in [6.45, 7) is 11.2. The van der Waals surface area contributed by atoms with E-state index in [1.54, 1.807) is 0 Å². The Balaban J connectivity index is 2.11. The molecule has 1 aliphatic rings. The van der Waals surface area contributed by atoms with Crippen molar-refractivity contribution in [2.45, 2.75) is 34.1 Å². The lowest BCUT2D eigenvalue weighted by Gasteiger charge is -2.16. The van der Waals surface area contributed by atoms with Crippen LogP contribution in [-0.4, -0.2) is 30.3 Å². The molecule has 1 saturated heterocycles. The molecule has 0 aromatic heterocycles. The van der Waals surface area contributed by atoms with Crippen LogP contribution in [0.25, 0.3) is 0 Å². The van der Waals surface area contributed by atoms with Crippen LogP contribution in [0.3, 0.4) is 0 Å². The quantitative estimate of drug-likeness (QED) is 0.763. The van der Waals surface area contributed by atoms with Gasteiger partial charge < -0.3 is 0 Å². The minimum absolute atomic E-state index is 0.268. The van der Waals surface area contributed by atoms with Gasteiger partial charge in [0, 0.05) is 12.1 Å². The van der Waals surface area contributed by atoms with Crippen LogP contribution in [0.4, 0.5) is 0 Å². The van der Waals surface area contributed by atoms with Gasteiger partial charge in [-0.2, -0.15) is 0 Å². The van der Waals surface area contributed by atoms with Gasteiger partial charge in [0.1, 0.15) is 0 Å². The van der Waals surface area contributed by atoms with E-state index in [1.807, 2.05) is 13.0 Å². The monoisotopic (exact) mass is 245 g/mol. The van der Waals surface area contributed by atoms with Gasteiger partial charge in [0.15, 0.2) is 5.78 Å². The van der Waals surface area contributed by atoms with Crippen LogP contribution in [0.15, 0.2) is 12.1 Å². The van der Waals surface area contributed by atoms with Crippen molar-refractivity contribution in [2.75, 3.05) is 19.6 Å². The predicted molar refractivity (Wildman–Crippen MR) is 75.2 cm³/mol. The Morgan fingerprint density at radius 1 is 1.22 bits per heavy atom. The van der Waals surface area contributed by atoms with Crippen LogP contribution in [0.2, 0.25) is 0 Å². The van der Waals surface area contributed by atoms with E-state index >= 15 is 0 Å². The second kappa shape index (κ2) is 5.23. The molecule has 1 aromatic rings. The fourth-order valence-electron chi connectivity index (χ4n) is 2.72. The number of hydrogen-bond acceptors (Lipinski definition) is 2. The van der Waals surface area contributed by atoms with Crippen LogP contribution >= 0.6 is 0 Å². The molecule has 2 nitrogen and oxygen atoms in total. The third-order valence-corrected chi connectivity index (χ3v) is 4.02. The Hall–Kier alpha value is -1.15. The number of Topliss-reactive ketones (excluding diaryl/α,β-unsaturated/α-hetero) is 1. The molecule has 1 aliphatic heterocycles. The number of hydrogen-bond donors (Lipinski definition) is 0. The first-order chi connectivity index (χ1) is 8.47. The molecule has 0 aliphatic carbocycles. The topological polar surface area (TPSA) is 20.3 Å². The Morgan fingerprint density at radius 2 is 1.89 bits per heavy atom. The first-order valence-electron chi connectivity index (χ1n) is 6.80. The van der Waals surface area contributed by atoms with Gasteiger partial charge in [0.25, 0.3) is 0 Å². The van der Waals surface area contributed by atoms with Crippen LogP contribution in [-0.2, 0) is 0 Å². The molecule has 18 heavy (non-hydrogen) atoms. The van der Waals surface area contributed by atoms with Crippen LogP contribution in [0.1, 0.15) is 40.4 Å². The number of carbonyl (C=O) groups excluding carboxylic acids is 1. The van der Waals surface area contributed by atoms with Gasteiger partial charge in [-0.1, -0.05) is 13.0 Å². The smallest absolute Gasteiger partial charge is 0.177 e. The molecule has 1 atom stereocenters. The molecule has 1 aromatic carbocycles. The number of aryl methyl sites for hydroxylation is 3. The normalized spacial score (nSPS) is 20.3. The fraction of sp³-hybridized carbons (Fsp3) is 0.562. The first kappa shape index (κ1) is 13.3. The molecule has 1 unspecified atom stereocenters. The number of ketones is 1. The van der Waals surface area contributed by atoms with E-state index in [0.29, 0.717) is 6.54 Å². The van der Waals surface area contributed by atoms with E-state index in [-0.39, 0.29) is 5.78 Å². The average Bonchev–Trinajstić information content (AvgIpc) is 2.69. The molecule has 0 radical (unpaired) electrons. The summed E-state index contributed by atoms with van der Waals surface area (Å²) < 4.78 is 0. The number of benzene rings is 1. The van der Waals surface area contributed by atoms with E-state index in [9.17, 15) is 4.79 Å². The highest BCUT2D eigenvalue weighted by Gasteiger charge is 2.22. The summed E-state index contributed by atoms with van der Waals surface area (Å²) >= 11 is 0. The van der Waals surface area contributed by atoms with Crippen molar-refractivity contribution in [1.29, 1.82) is 0 Å². The molecule has 1 heterocycles.